The number of amides is 2. The quantitative estimate of drug-likeness (QED) is 0.876. The third kappa shape index (κ3) is 4.72. The summed E-state index contributed by atoms with van der Waals surface area (Å²) in [5, 5.41) is 2.93. The number of rotatable bonds is 5. The summed E-state index contributed by atoms with van der Waals surface area (Å²) in [6, 6.07) is 7.57. The molecule has 0 aliphatic carbocycles. The van der Waals surface area contributed by atoms with Crippen molar-refractivity contribution in [3.05, 3.63) is 29.8 Å². The molecule has 0 aromatic heterocycles. The van der Waals surface area contributed by atoms with Gasteiger partial charge in [-0.15, -0.1) is 0 Å². The van der Waals surface area contributed by atoms with Crippen molar-refractivity contribution in [2.75, 3.05) is 25.0 Å². The van der Waals surface area contributed by atoms with E-state index in [0.717, 1.165) is 43.7 Å². The molecule has 1 aliphatic heterocycles. The van der Waals surface area contributed by atoms with Gasteiger partial charge in [-0.25, -0.2) is 4.79 Å². The highest BCUT2D eigenvalue weighted by Gasteiger charge is 2.23. The summed E-state index contributed by atoms with van der Waals surface area (Å²) in [5.41, 5.74) is 7.42. The Kier molecular flexibility index (Phi) is 6.02. The zero-order chi connectivity index (χ0) is 15.1. The Balaban J connectivity index is 1.86. The fourth-order valence-corrected chi connectivity index (χ4v) is 2.47. The number of piperidine rings is 1. The largest absolute Gasteiger partial charge is 0.376 e. The first kappa shape index (κ1) is 15.8. The molecule has 2 rings (SSSR count). The Morgan fingerprint density at radius 2 is 2.19 bits per heavy atom. The second-order valence-electron chi connectivity index (χ2n) is 5.41. The number of carbonyl (C=O) groups excluding carboxylic acids is 1. The Bertz CT molecular complexity index is 447. The minimum Gasteiger partial charge on any atom is -0.376 e. The maximum absolute atomic E-state index is 12.3. The van der Waals surface area contributed by atoms with Gasteiger partial charge in [-0.05, 0) is 37.0 Å². The Hall–Kier alpha value is -1.59. The first-order valence-electron chi connectivity index (χ1n) is 7.69. The van der Waals surface area contributed by atoms with Gasteiger partial charge in [0.25, 0.3) is 0 Å². The van der Waals surface area contributed by atoms with Crippen LogP contribution in [0.15, 0.2) is 24.3 Å². The van der Waals surface area contributed by atoms with Crippen molar-refractivity contribution in [1.82, 2.24) is 4.90 Å². The lowest BCUT2D eigenvalue weighted by Crippen LogP contribution is -2.45. The molecule has 0 spiro atoms. The lowest BCUT2D eigenvalue weighted by molar-refractivity contribution is 0.0115. The predicted octanol–water partition coefficient (Wildman–Crippen LogP) is 2.57. The lowest BCUT2D eigenvalue weighted by Gasteiger charge is -2.32. The molecule has 5 nitrogen and oxygen atoms in total. The van der Waals surface area contributed by atoms with Crippen molar-refractivity contribution in [3.63, 3.8) is 0 Å². The van der Waals surface area contributed by atoms with Crippen LogP contribution in [0.5, 0.6) is 0 Å². The van der Waals surface area contributed by atoms with Crippen LogP contribution in [0.4, 0.5) is 10.5 Å². The molecule has 21 heavy (non-hydrogen) atoms. The topological polar surface area (TPSA) is 67.6 Å². The summed E-state index contributed by atoms with van der Waals surface area (Å²) in [7, 11) is 0. The van der Waals surface area contributed by atoms with Gasteiger partial charge in [-0.1, -0.05) is 19.1 Å². The van der Waals surface area contributed by atoms with Crippen LogP contribution in [0, 0.1) is 0 Å². The van der Waals surface area contributed by atoms with Crippen LogP contribution in [-0.2, 0) is 11.3 Å². The molecule has 1 aliphatic rings. The molecule has 1 aromatic carbocycles. The second-order valence-corrected chi connectivity index (χ2v) is 5.41. The molecule has 0 radical (unpaired) electrons. The summed E-state index contributed by atoms with van der Waals surface area (Å²) >= 11 is 0. The van der Waals surface area contributed by atoms with Crippen molar-refractivity contribution in [1.29, 1.82) is 0 Å². The summed E-state index contributed by atoms with van der Waals surface area (Å²) < 4.78 is 5.76. The number of nitrogens with zero attached hydrogens (tertiary/aromatic N) is 1. The Morgan fingerprint density at radius 3 is 2.86 bits per heavy atom. The van der Waals surface area contributed by atoms with Gasteiger partial charge in [0.2, 0.25) is 0 Å². The molecular weight excluding hydrogens is 266 g/mol. The highest BCUT2D eigenvalue weighted by atomic mass is 16.5. The van der Waals surface area contributed by atoms with Gasteiger partial charge in [0.1, 0.15) is 0 Å². The minimum absolute atomic E-state index is 0.0553. The van der Waals surface area contributed by atoms with E-state index in [9.17, 15) is 4.79 Å². The molecule has 3 N–H and O–H groups in total. The normalized spacial score (nSPS) is 18.6. The molecule has 1 aromatic rings. The number of likely N-dealkylation sites (tertiary alicyclic amines) is 1. The predicted molar refractivity (Wildman–Crippen MR) is 84.2 cm³/mol. The number of benzene rings is 1. The van der Waals surface area contributed by atoms with Crippen LogP contribution in [0.25, 0.3) is 0 Å². The molecule has 1 heterocycles. The van der Waals surface area contributed by atoms with Gasteiger partial charge in [0.05, 0.1) is 6.10 Å². The van der Waals surface area contributed by atoms with Crippen LogP contribution in [0.3, 0.4) is 0 Å². The fourth-order valence-electron chi connectivity index (χ4n) is 2.47. The summed E-state index contributed by atoms with van der Waals surface area (Å²) in [5.74, 6) is 0. The lowest BCUT2D eigenvalue weighted by atomic mass is 10.1. The van der Waals surface area contributed by atoms with E-state index in [1.54, 1.807) is 0 Å². The zero-order valence-electron chi connectivity index (χ0n) is 12.7. The van der Waals surface area contributed by atoms with Gasteiger partial charge in [-0.2, -0.15) is 0 Å². The Labute approximate surface area is 126 Å². The van der Waals surface area contributed by atoms with Crippen LogP contribution in [-0.4, -0.2) is 36.7 Å². The number of carbonyl (C=O) groups is 1. The highest BCUT2D eigenvalue weighted by Crippen LogP contribution is 2.16. The van der Waals surface area contributed by atoms with Crippen LogP contribution >= 0.6 is 0 Å². The monoisotopic (exact) mass is 291 g/mol. The van der Waals surface area contributed by atoms with Gasteiger partial charge >= 0.3 is 6.03 Å². The van der Waals surface area contributed by atoms with E-state index >= 15 is 0 Å². The summed E-state index contributed by atoms with van der Waals surface area (Å²) in [4.78, 5) is 14.1. The summed E-state index contributed by atoms with van der Waals surface area (Å²) in [6.45, 7) is 4.83. The van der Waals surface area contributed by atoms with Crippen molar-refractivity contribution >= 4 is 11.7 Å². The molecule has 0 saturated carbocycles. The maximum Gasteiger partial charge on any atom is 0.321 e. The molecule has 5 heteroatoms. The van der Waals surface area contributed by atoms with Crippen molar-refractivity contribution < 1.29 is 9.53 Å². The van der Waals surface area contributed by atoms with Crippen LogP contribution in [0.2, 0.25) is 0 Å². The first-order valence-corrected chi connectivity index (χ1v) is 7.69. The SMILES string of the molecule is CCCOC1CCCN(C(=O)Nc2ccc(CN)cc2)C1. The average Bonchev–Trinajstić information content (AvgIpc) is 2.54. The van der Waals surface area contributed by atoms with E-state index in [-0.39, 0.29) is 12.1 Å². The van der Waals surface area contributed by atoms with Crippen molar-refractivity contribution in [3.8, 4) is 0 Å². The molecule has 1 atom stereocenters. The first-order chi connectivity index (χ1) is 10.2. The highest BCUT2D eigenvalue weighted by molar-refractivity contribution is 5.89. The second kappa shape index (κ2) is 8.00. The number of ether oxygens (including phenoxy) is 1. The molecule has 2 amide bonds. The number of hydrogen-bond acceptors (Lipinski definition) is 3. The number of urea groups is 1. The standard InChI is InChI=1S/C16H25N3O2/c1-2-10-21-15-4-3-9-19(12-15)16(20)18-14-7-5-13(11-17)6-8-14/h5-8,15H,2-4,9-12,17H2,1H3,(H,18,20). The Morgan fingerprint density at radius 1 is 1.43 bits per heavy atom. The minimum atomic E-state index is -0.0553. The van der Waals surface area contributed by atoms with Gasteiger partial charge in [-0.3, -0.25) is 0 Å². The number of nitrogens with two attached hydrogens (primary N) is 1. The van der Waals surface area contributed by atoms with E-state index < -0.39 is 0 Å². The van der Waals surface area contributed by atoms with E-state index in [1.807, 2.05) is 29.2 Å². The number of anilines is 1. The third-order valence-corrected chi connectivity index (χ3v) is 3.66. The molecule has 116 valence electrons. The third-order valence-electron chi connectivity index (χ3n) is 3.66. The van der Waals surface area contributed by atoms with Gasteiger partial charge in [0, 0.05) is 31.9 Å². The maximum atomic E-state index is 12.3. The molecule has 1 unspecified atom stereocenters. The van der Waals surface area contributed by atoms with Crippen molar-refractivity contribution in [2.24, 2.45) is 5.73 Å². The fraction of sp³-hybridized carbons (Fsp3) is 0.562. The average molecular weight is 291 g/mol. The van der Waals surface area contributed by atoms with Gasteiger partial charge in [0.15, 0.2) is 0 Å². The van der Waals surface area contributed by atoms with Crippen molar-refractivity contribution in [2.45, 2.75) is 38.8 Å². The van der Waals surface area contributed by atoms with Crippen LogP contribution < -0.4 is 11.1 Å². The summed E-state index contributed by atoms with van der Waals surface area (Å²) in [6.07, 6.45) is 3.21. The molecule has 0 bridgehead atoms. The number of hydrogen-bond donors (Lipinski definition) is 2. The van der Waals surface area contributed by atoms with E-state index in [2.05, 4.69) is 12.2 Å². The van der Waals surface area contributed by atoms with Gasteiger partial charge < -0.3 is 20.7 Å². The van der Waals surface area contributed by atoms with E-state index in [4.69, 9.17) is 10.5 Å². The van der Waals surface area contributed by atoms with E-state index in [0.29, 0.717) is 13.1 Å². The van der Waals surface area contributed by atoms with Crippen LogP contribution in [0.1, 0.15) is 31.7 Å². The smallest absolute Gasteiger partial charge is 0.321 e. The number of nitrogens with one attached hydrogen (secondary N) is 1. The zero-order valence-corrected chi connectivity index (χ0v) is 12.7. The molecular formula is C16H25N3O2. The van der Waals surface area contributed by atoms with E-state index in [1.165, 1.54) is 0 Å². The molecule has 1 saturated heterocycles. The molecule has 1 fully saturated rings.